The van der Waals surface area contributed by atoms with E-state index in [1.165, 1.54) is 12.1 Å². The number of hydrogen-bond acceptors (Lipinski definition) is 8. The second kappa shape index (κ2) is 9.21. The monoisotopic (exact) mass is 594 g/mol. The summed E-state index contributed by atoms with van der Waals surface area (Å²) in [4.78, 5) is -1.10. The van der Waals surface area contributed by atoms with E-state index in [2.05, 4.69) is 10.2 Å². The maximum atomic E-state index is 12.3. The maximum absolute atomic E-state index is 12.3. The van der Waals surface area contributed by atoms with Crippen molar-refractivity contribution >= 4 is 102 Å². The Morgan fingerprint density at radius 1 is 0.781 bits per heavy atom. The first-order valence-electron chi connectivity index (χ1n) is 8.66. The van der Waals surface area contributed by atoms with Gasteiger partial charge in [0.2, 0.25) is 0 Å². The predicted molar refractivity (Wildman–Crippen MR) is 115 cm³/mol. The van der Waals surface area contributed by atoms with Gasteiger partial charge in [-0.25, -0.2) is 8.42 Å². The van der Waals surface area contributed by atoms with Gasteiger partial charge in [0.15, 0.2) is 0 Å². The van der Waals surface area contributed by atoms with E-state index in [9.17, 15) is 31.0 Å². The van der Waals surface area contributed by atoms with Gasteiger partial charge in [0.1, 0.15) is 20.7 Å². The Balaban J connectivity index is 0.00000289. The van der Waals surface area contributed by atoms with E-state index in [-0.39, 0.29) is 71.0 Å². The standard InChI is InChI=1S/C20H14N2O7S2.Ba/c23-18-8-6-12-3-1-2-4-16(12)20(18)22-21-17-10-14-9-15(30(24,25)26)7-5-13(14)11-19(17)31(27,28)29;/h1-11,23H,(H,24,25,26)(H,27,28,29);/q;+2/p-2. The van der Waals surface area contributed by atoms with Crippen LogP contribution in [0, 0.1) is 0 Å². The summed E-state index contributed by atoms with van der Waals surface area (Å²) >= 11 is 0. The van der Waals surface area contributed by atoms with Gasteiger partial charge in [-0.05, 0) is 40.4 Å². The average molecular weight is 594 g/mol. The molecule has 0 heterocycles. The summed E-state index contributed by atoms with van der Waals surface area (Å²) in [6, 6.07) is 15.3. The third-order valence-electron chi connectivity index (χ3n) is 4.58. The Labute approximate surface area is 223 Å². The minimum absolute atomic E-state index is 0. The molecule has 1 N–H and O–H groups in total. The van der Waals surface area contributed by atoms with Crippen LogP contribution in [-0.4, -0.2) is 74.8 Å². The van der Waals surface area contributed by atoms with Crippen LogP contribution in [0.15, 0.2) is 86.7 Å². The van der Waals surface area contributed by atoms with Crippen molar-refractivity contribution in [1.82, 2.24) is 0 Å². The smallest absolute Gasteiger partial charge is 0.871 e. The molecule has 32 heavy (non-hydrogen) atoms. The molecule has 4 aromatic rings. The Kier molecular flexibility index (Phi) is 7.14. The second-order valence-electron chi connectivity index (χ2n) is 6.59. The number of azo groups is 1. The van der Waals surface area contributed by atoms with Crippen LogP contribution in [0.4, 0.5) is 11.4 Å². The molecule has 0 atom stereocenters. The summed E-state index contributed by atoms with van der Waals surface area (Å²) in [6.45, 7) is 0. The van der Waals surface area contributed by atoms with Crippen molar-refractivity contribution in [2.24, 2.45) is 10.2 Å². The van der Waals surface area contributed by atoms with Crippen LogP contribution < -0.4 is 5.11 Å². The Bertz CT molecular complexity index is 1600. The summed E-state index contributed by atoms with van der Waals surface area (Å²) in [5, 5.41) is 21.7. The molecule has 0 unspecified atom stereocenters. The summed E-state index contributed by atoms with van der Waals surface area (Å²) in [6.07, 6.45) is 0. The van der Waals surface area contributed by atoms with Crippen LogP contribution in [0.2, 0.25) is 0 Å². The minimum atomic E-state index is -4.74. The molecule has 0 spiro atoms. The van der Waals surface area contributed by atoms with Crippen LogP contribution in [0.3, 0.4) is 0 Å². The molecule has 9 nitrogen and oxygen atoms in total. The van der Waals surface area contributed by atoms with Crippen molar-refractivity contribution in [2.45, 2.75) is 9.79 Å². The molecule has 0 amide bonds. The first kappa shape index (κ1) is 24.8. The van der Waals surface area contributed by atoms with Crippen LogP contribution >= 0.6 is 0 Å². The Morgan fingerprint density at radius 2 is 1.47 bits per heavy atom. The van der Waals surface area contributed by atoms with E-state index in [1.54, 1.807) is 30.3 Å². The molecule has 0 saturated carbocycles. The molecule has 12 heteroatoms. The van der Waals surface area contributed by atoms with Gasteiger partial charge in [0.25, 0.3) is 10.1 Å². The summed E-state index contributed by atoms with van der Waals surface area (Å²) in [7, 11) is -9.48. The van der Waals surface area contributed by atoms with E-state index < -0.39 is 35.8 Å². The van der Waals surface area contributed by atoms with E-state index in [0.717, 1.165) is 29.7 Å². The van der Waals surface area contributed by atoms with Gasteiger partial charge in [-0.15, -0.1) is 5.11 Å². The van der Waals surface area contributed by atoms with Gasteiger partial charge in [0, 0.05) is 5.39 Å². The summed E-state index contributed by atoms with van der Waals surface area (Å²) in [5.41, 5.74) is -0.363. The normalized spacial score (nSPS) is 12.3. The van der Waals surface area contributed by atoms with Crippen LogP contribution in [0.25, 0.3) is 21.5 Å². The first-order valence-corrected chi connectivity index (χ1v) is 11.5. The van der Waals surface area contributed by atoms with E-state index >= 15 is 0 Å². The SMILES string of the molecule is O=S(=O)([O-])c1ccc2cc(S(=O)(=O)O)c(N=Nc3c([O-])ccc4ccccc34)cc2c1.[Ba+2]. The third-order valence-corrected chi connectivity index (χ3v) is 6.29. The predicted octanol–water partition coefficient (Wildman–Crippen LogP) is 3.25. The zero-order chi connectivity index (χ0) is 22.4. The molecule has 0 aliphatic carbocycles. The summed E-state index contributed by atoms with van der Waals surface area (Å²) in [5.74, 6) is -0.448. The molecule has 158 valence electrons. The number of benzene rings is 4. The fraction of sp³-hybridized carbons (Fsp3) is 0. The second-order valence-corrected chi connectivity index (χ2v) is 9.36. The van der Waals surface area contributed by atoms with Gasteiger partial charge >= 0.3 is 48.9 Å². The molecule has 0 radical (unpaired) electrons. The van der Waals surface area contributed by atoms with Crippen LogP contribution in [0.1, 0.15) is 0 Å². The van der Waals surface area contributed by atoms with Gasteiger partial charge in [-0.3, -0.25) is 4.55 Å². The van der Waals surface area contributed by atoms with E-state index in [1.807, 2.05) is 0 Å². The number of hydrogen-bond donors (Lipinski definition) is 1. The third kappa shape index (κ3) is 5.06. The van der Waals surface area contributed by atoms with Crippen LogP contribution in [0.5, 0.6) is 5.75 Å². The van der Waals surface area contributed by atoms with Gasteiger partial charge in [0.05, 0.1) is 10.6 Å². The molecule has 0 bridgehead atoms. The number of fused-ring (bicyclic) bond motifs is 2. The van der Waals surface area contributed by atoms with Crippen molar-refractivity contribution in [3.05, 3.63) is 66.7 Å². The molecule has 4 rings (SSSR count). The van der Waals surface area contributed by atoms with Crippen molar-refractivity contribution in [3.63, 3.8) is 0 Å². The van der Waals surface area contributed by atoms with E-state index in [0.29, 0.717) is 5.39 Å². The van der Waals surface area contributed by atoms with Crippen molar-refractivity contribution < 1.29 is 31.0 Å². The molecule has 0 saturated heterocycles. The minimum Gasteiger partial charge on any atom is -0.871 e. The van der Waals surface area contributed by atoms with Crippen LogP contribution in [-0.2, 0) is 20.2 Å². The van der Waals surface area contributed by atoms with E-state index in [4.69, 9.17) is 0 Å². The van der Waals surface area contributed by atoms with Gasteiger partial charge < -0.3 is 9.66 Å². The number of rotatable bonds is 4. The molecule has 0 aliphatic heterocycles. The Morgan fingerprint density at radius 3 is 2.16 bits per heavy atom. The fourth-order valence-corrected chi connectivity index (χ4v) is 4.27. The number of nitrogens with zero attached hydrogens (tertiary/aromatic N) is 2. The summed E-state index contributed by atoms with van der Waals surface area (Å²) < 4.78 is 67.2. The topological polar surface area (TPSA) is 159 Å². The molecular weight excluding hydrogens is 582 g/mol. The maximum Gasteiger partial charge on any atom is 2.00 e. The molecule has 0 fully saturated rings. The molecular formula is C20H12BaN2O7S2. The quantitative estimate of drug-likeness (QED) is 0.216. The Hall–Kier alpha value is -1.81. The average Bonchev–Trinajstić information content (AvgIpc) is 2.70. The van der Waals surface area contributed by atoms with Gasteiger partial charge in [-0.2, -0.15) is 13.5 Å². The van der Waals surface area contributed by atoms with Crippen molar-refractivity contribution in [2.75, 3.05) is 0 Å². The zero-order valence-electron chi connectivity index (χ0n) is 16.2. The molecule has 0 aromatic heterocycles. The van der Waals surface area contributed by atoms with Gasteiger partial charge in [-0.1, -0.05) is 48.2 Å². The fourth-order valence-electron chi connectivity index (χ4n) is 3.13. The molecule has 0 aliphatic rings. The first-order chi connectivity index (χ1) is 14.5. The zero-order valence-corrected chi connectivity index (χ0v) is 22.2. The largest absolute Gasteiger partial charge is 2.00 e. The van der Waals surface area contributed by atoms with Crippen molar-refractivity contribution in [3.8, 4) is 5.75 Å². The molecule has 4 aromatic carbocycles. The van der Waals surface area contributed by atoms with Crippen molar-refractivity contribution in [1.29, 1.82) is 0 Å².